The molecule has 0 aliphatic rings. The van der Waals surface area contributed by atoms with Crippen LogP contribution in [0, 0.1) is 0 Å². The molecule has 0 spiro atoms. The predicted octanol–water partition coefficient (Wildman–Crippen LogP) is 4.17. The fourth-order valence-corrected chi connectivity index (χ4v) is 4.13. The third-order valence-electron chi connectivity index (χ3n) is 4.71. The molecule has 0 fully saturated rings. The maximum atomic E-state index is 12.4. The van der Waals surface area contributed by atoms with Crippen molar-refractivity contribution < 1.29 is 13.2 Å². The third-order valence-corrected chi connectivity index (χ3v) is 6.19. The van der Waals surface area contributed by atoms with Crippen molar-refractivity contribution in [2.24, 2.45) is 0 Å². The van der Waals surface area contributed by atoms with Crippen LogP contribution in [-0.2, 0) is 27.7 Å². The van der Waals surface area contributed by atoms with Crippen molar-refractivity contribution in [2.45, 2.75) is 30.6 Å². The minimum absolute atomic E-state index is 0.0810. The summed E-state index contributed by atoms with van der Waals surface area (Å²) in [4.78, 5) is 12.3. The largest absolute Gasteiger partial charge is 0.326 e. The van der Waals surface area contributed by atoms with E-state index in [2.05, 4.69) is 10.0 Å². The normalized spacial score (nSPS) is 11.2. The number of carbonyl (C=O) groups excluding carboxylic acids is 1. The number of hydrogen-bond donors (Lipinski definition) is 2. The Hall–Kier alpha value is -2.96. The number of sulfonamides is 1. The lowest BCUT2D eigenvalue weighted by Gasteiger charge is -2.09. The maximum absolute atomic E-state index is 12.4. The van der Waals surface area contributed by atoms with Gasteiger partial charge >= 0.3 is 0 Å². The Kier molecular flexibility index (Phi) is 7.76. The van der Waals surface area contributed by atoms with E-state index in [1.165, 1.54) is 17.7 Å². The Labute approximate surface area is 178 Å². The third kappa shape index (κ3) is 6.83. The highest BCUT2D eigenvalue weighted by atomic mass is 32.2. The average molecular weight is 423 g/mol. The molecular weight excluding hydrogens is 396 g/mol. The zero-order valence-corrected chi connectivity index (χ0v) is 17.6. The van der Waals surface area contributed by atoms with Gasteiger partial charge in [0.15, 0.2) is 0 Å². The molecule has 3 aromatic rings. The Bertz CT molecular complexity index is 1030. The van der Waals surface area contributed by atoms with Gasteiger partial charge in [-0.15, -0.1) is 0 Å². The molecular formula is C24H26N2O3S. The van der Waals surface area contributed by atoms with E-state index in [-0.39, 0.29) is 10.8 Å². The van der Waals surface area contributed by atoms with Gasteiger partial charge in [0.2, 0.25) is 15.9 Å². The van der Waals surface area contributed by atoms with Gasteiger partial charge in [-0.2, -0.15) is 0 Å². The van der Waals surface area contributed by atoms with Gasteiger partial charge in [0.1, 0.15) is 0 Å². The van der Waals surface area contributed by atoms with E-state index >= 15 is 0 Å². The van der Waals surface area contributed by atoms with Gasteiger partial charge in [-0.1, -0.05) is 60.7 Å². The summed E-state index contributed by atoms with van der Waals surface area (Å²) < 4.78 is 27.5. The zero-order valence-electron chi connectivity index (χ0n) is 16.8. The topological polar surface area (TPSA) is 75.3 Å². The molecule has 1 amide bonds. The molecule has 6 heteroatoms. The molecule has 3 aromatic carbocycles. The molecule has 0 saturated heterocycles. The Morgan fingerprint density at radius 2 is 1.30 bits per heavy atom. The van der Waals surface area contributed by atoms with E-state index in [1.807, 2.05) is 60.7 Å². The molecule has 0 heterocycles. The summed E-state index contributed by atoms with van der Waals surface area (Å²) in [5, 5.41) is 2.82. The van der Waals surface area contributed by atoms with Crippen LogP contribution in [0.1, 0.15) is 24.0 Å². The Morgan fingerprint density at radius 1 is 0.733 bits per heavy atom. The predicted molar refractivity (Wildman–Crippen MR) is 120 cm³/mol. The van der Waals surface area contributed by atoms with Crippen LogP contribution >= 0.6 is 0 Å². The molecule has 0 aliphatic heterocycles. The van der Waals surface area contributed by atoms with Crippen LogP contribution in [0.4, 0.5) is 5.69 Å². The van der Waals surface area contributed by atoms with E-state index in [9.17, 15) is 13.2 Å². The van der Waals surface area contributed by atoms with Gasteiger partial charge in [-0.3, -0.25) is 4.79 Å². The van der Waals surface area contributed by atoms with E-state index in [0.29, 0.717) is 25.1 Å². The molecule has 156 valence electrons. The Balaban J connectivity index is 1.45. The molecule has 0 radical (unpaired) electrons. The first kappa shape index (κ1) is 21.7. The van der Waals surface area contributed by atoms with Gasteiger partial charge in [0, 0.05) is 18.7 Å². The smallest absolute Gasteiger partial charge is 0.240 e. The number of amides is 1. The average Bonchev–Trinajstić information content (AvgIpc) is 2.75. The monoisotopic (exact) mass is 422 g/mol. The summed E-state index contributed by atoms with van der Waals surface area (Å²) in [6, 6.07) is 26.0. The lowest BCUT2D eigenvalue weighted by Crippen LogP contribution is -2.26. The standard InChI is InChI=1S/C24H26N2O3S/c27-24(13-7-12-20-8-3-1-4-9-20)26-22-14-16-23(17-15-22)30(28,29)25-19-18-21-10-5-2-6-11-21/h1-6,8-11,14-17,25H,7,12-13,18-19H2,(H,26,27). The number of nitrogens with one attached hydrogen (secondary N) is 2. The molecule has 0 saturated carbocycles. The highest BCUT2D eigenvalue weighted by molar-refractivity contribution is 7.89. The van der Waals surface area contributed by atoms with Gasteiger partial charge in [0.05, 0.1) is 4.90 Å². The van der Waals surface area contributed by atoms with Crippen LogP contribution in [-0.4, -0.2) is 20.9 Å². The molecule has 3 rings (SSSR count). The maximum Gasteiger partial charge on any atom is 0.240 e. The van der Waals surface area contributed by atoms with Gasteiger partial charge in [0.25, 0.3) is 0 Å². The van der Waals surface area contributed by atoms with Crippen LogP contribution in [0.15, 0.2) is 89.8 Å². The molecule has 0 aromatic heterocycles. The van der Waals surface area contributed by atoms with Gasteiger partial charge < -0.3 is 5.32 Å². The molecule has 0 atom stereocenters. The zero-order chi connectivity index (χ0) is 21.2. The summed E-state index contributed by atoms with van der Waals surface area (Å²) in [5.41, 5.74) is 2.87. The number of anilines is 1. The summed E-state index contributed by atoms with van der Waals surface area (Å²) >= 11 is 0. The van der Waals surface area contributed by atoms with Gasteiger partial charge in [-0.05, 0) is 54.7 Å². The first-order chi connectivity index (χ1) is 14.5. The van der Waals surface area contributed by atoms with Crippen LogP contribution < -0.4 is 10.0 Å². The van der Waals surface area contributed by atoms with Gasteiger partial charge in [-0.25, -0.2) is 13.1 Å². The molecule has 5 nitrogen and oxygen atoms in total. The van der Waals surface area contributed by atoms with Crippen molar-refractivity contribution in [3.63, 3.8) is 0 Å². The van der Waals surface area contributed by atoms with Crippen molar-refractivity contribution in [1.29, 1.82) is 0 Å². The van der Waals surface area contributed by atoms with E-state index in [4.69, 9.17) is 0 Å². The van der Waals surface area contributed by atoms with E-state index in [1.54, 1.807) is 12.1 Å². The second-order valence-corrected chi connectivity index (χ2v) is 8.81. The molecule has 30 heavy (non-hydrogen) atoms. The Morgan fingerprint density at radius 3 is 1.90 bits per heavy atom. The van der Waals surface area contributed by atoms with Crippen molar-refractivity contribution in [3.8, 4) is 0 Å². The lowest BCUT2D eigenvalue weighted by atomic mass is 10.1. The summed E-state index contributed by atoms with van der Waals surface area (Å²) in [6.45, 7) is 0.326. The van der Waals surface area contributed by atoms with Crippen LogP contribution in [0.2, 0.25) is 0 Å². The number of hydrogen-bond acceptors (Lipinski definition) is 3. The van der Waals surface area contributed by atoms with Crippen molar-refractivity contribution in [2.75, 3.05) is 11.9 Å². The number of rotatable bonds is 10. The minimum Gasteiger partial charge on any atom is -0.326 e. The molecule has 0 unspecified atom stereocenters. The fourth-order valence-electron chi connectivity index (χ4n) is 3.10. The number of carbonyl (C=O) groups is 1. The second-order valence-electron chi connectivity index (χ2n) is 7.05. The molecule has 0 aliphatic carbocycles. The van der Waals surface area contributed by atoms with Crippen molar-refractivity contribution in [3.05, 3.63) is 96.1 Å². The second kappa shape index (κ2) is 10.7. The van der Waals surface area contributed by atoms with Crippen LogP contribution in [0.25, 0.3) is 0 Å². The number of benzene rings is 3. The van der Waals surface area contributed by atoms with Crippen molar-refractivity contribution >= 4 is 21.6 Å². The fraction of sp³-hybridized carbons (Fsp3) is 0.208. The van der Waals surface area contributed by atoms with Crippen LogP contribution in [0.3, 0.4) is 0 Å². The van der Waals surface area contributed by atoms with E-state index < -0.39 is 10.0 Å². The highest BCUT2D eigenvalue weighted by Gasteiger charge is 2.13. The lowest BCUT2D eigenvalue weighted by molar-refractivity contribution is -0.116. The summed E-state index contributed by atoms with van der Waals surface area (Å²) in [7, 11) is -3.58. The SMILES string of the molecule is O=C(CCCc1ccccc1)Nc1ccc(S(=O)(=O)NCCc2ccccc2)cc1. The number of aryl methyl sites for hydroxylation is 1. The highest BCUT2D eigenvalue weighted by Crippen LogP contribution is 2.15. The molecule has 2 N–H and O–H groups in total. The summed E-state index contributed by atoms with van der Waals surface area (Å²) in [6.07, 6.45) is 2.64. The molecule has 0 bridgehead atoms. The quantitative estimate of drug-likeness (QED) is 0.515. The minimum atomic E-state index is -3.58. The van der Waals surface area contributed by atoms with E-state index in [0.717, 1.165) is 18.4 Å². The first-order valence-electron chi connectivity index (χ1n) is 10.0. The summed E-state index contributed by atoms with van der Waals surface area (Å²) in [5.74, 6) is -0.0810. The van der Waals surface area contributed by atoms with Crippen LogP contribution in [0.5, 0.6) is 0 Å². The first-order valence-corrected chi connectivity index (χ1v) is 11.5. The van der Waals surface area contributed by atoms with Crippen molar-refractivity contribution in [1.82, 2.24) is 4.72 Å².